The van der Waals surface area contributed by atoms with Crippen molar-refractivity contribution < 1.29 is 23.5 Å². The van der Waals surface area contributed by atoms with E-state index in [0.717, 1.165) is 31.0 Å². The van der Waals surface area contributed by atoms with Crippen LogP contribution in [0.4, 0.5) is 9.18 Å². The summed E-state index contributed by atoms with van der Waals surface area (Å²) in [6.07, 6.45) is 6.77. The summed E-state index contributed by atoms with van der Waals surface area (Å²) in [4.78, 5) is 36.4. The lowest BCUT2D eigenvalue weighted by molar-refractivity contribution is -0.145. The first-order valence-corrected chi connectivity index (χ1v) is 11.0. The molecule has 29 heavy (non-hydrogen) atoms. The molecule has 0 saturated heterocycles. The number of carbonyl (C=O) groups is 3. The molecule has 0 spiro atoms. The molecule has 4 fully saturated rings. The van der Waals surface area contributed by atoms with Crippen LogP contribution in [-0.4, -0.2) is 35.8 Å². The van der Waals surface area contributed by atoms with E-state index in [0.29, 0.717) is 22.6 Å². The highest BCUT2D eigenvalue weighted by Crippen LogP contribution is 2.55. The predicted molar refractivity (Wildman–Crippen MR) is 106 cm³/mol. The molecule has 156 valence electrons. The van der Waals surface area contributed by atoms with Crippen LogP contribution < -0.4 is 10.6 Å². The van der Waals surface area contributed by atoms with Crippen LogP contribution in [0.2, 0.25) is 0 Å². The number of halogens is 1. The third-order valence-electron chi connectivity index (χ3n) is 6.22. The summed E-state index contributed by atoms with van der Waals surface area (Å²) in [6, 6.07) is 5.59. The van der Waals surface area contributed by atoms with E-state index in [4.69, 9.17) is 4.74 Å². The van der Waals surface area contributed by atoms with Crippen molar-refractivity contribution in [3.63, 3.8) is 0 Å². The van der Waals surface area contributed by atoms with Crippen molar-refractivity contribution in [3.05, 3.63) is 30.1 Å². The average Bonchev–Trinajstić information content (AvgIpc) is 2.64. The van der Waals surface area contributed by atoms with Crippen molar-refractivity contribution in [2.45, 2.75) is 49.0 Å². The Hall–Kier alpha value is -2.09. The maximum absolute atomic E-state index is 13.5. The van der Waals surface area contributed by atoms with E-state index in [1.165, 1.54) is 25.3 Å². The van der Waals surface area contributed by atoms with Gasteiger partial charge in [-0.05, 0) is 68.4 Å². The number of ether oxygens (including phenoxy) is 1. The van der Waals surface area contributed by atoms with Crippen LogP contribution in [-0.2, 0) is 14.3 Å². The number of esters is 1. The maximum atomic E-state index is 13.5. The zero-order valence-corrected chi connectivity index (χ0v) is 16.9. The molecule has 4 saturated carbocycles. The summed E-state index contributed by atoms with van der Waals surface area (Å²) < 4.78 is 18.4. The second-order valence-electron chi connectivity index (χ2n) is 8.58. The molecular formula is C21H25FN2O4S. The first-order valence-electron chi connectivity index (χ1n) is 10.1. The van der Waals surface area contributed by atoms with E-state index >= 15 is 0 Å². The lowest BCUT2D eigenvalue weighted by atomic mass is 9.53. The van der Waals surface area contributed by atoms with Crippen molar-refractivity contribution in [1.82, 2.24) is 10.6 Å². The summed E-state index contributed by atoms with van der Waals surface area (Å²) in [7, 11) is 0. The molecule has 0 unspecified atom stereocenters. The molecule has 0 heterocycles. The van der Waals surface area contributed by atoms with Gasteiger partial charge in [0.1, 0.15) is 5.82 Å². The molecule has 3 amide bonds. The molecule has 1 aromatic rings. The van der Waals surface area contributed by atoms with E-state index in [9.17, 15) is 18.8 Å². The summed E-state index contributed by atoms with van der Waals surface area (Å²) in [5, 5.41) is 5.30. The van der Waals surface area contributed by atoms with Gasteiger partial charge in [0.25, 0.3) is 5.91 Å². The van der Waals surface area contributed by atoms with Crippen LogP contribution in [0.1, 0.15) is 38.5 Å². The fourth-order valence-corrected chi connectivity index (χ4v) is 6.32. The first kappa shape index (κ1) is 20.2. The third kappa shape index (κ3) is 4.91. The smallest absolute Gasteiger partial charge is 0.321 e. The van der Waals surface area contributed by atoms with Crippen LogP contribution in [0.15, 0.2) is 29.2 Å². The number of thioether (sulfide) groups is 1. The van der Waals surface area contributed by atoms with Gasteiger partial charge in [0, 0.05) is 10.4 Å². The SMILES string of the molecule is O=C(COC(=O)CSc1ccccc1F)NC(=O)NC12CC3CC(CC(C3)C1)C2. The molecule has 4 bridgehead atoms. The molecule has 0 aromatic heterocycles. The number of rotatable bonds is 6. The predicted octanol–water partition coefficient (Wildman–Crippen LogP) is 3.26. The van der Waals surface area contributed by atoms with Crippen LogP contribution in [0.25, 0.3) is 0 Å². The summed E-state index contributed by atoms with van der Waals surface area (Å²) in [6.45, 7) is -0.537. The monoisotopic (exact) mass is 420 g/mol. The number of benzene rings is 1. The van der Waals surface area contributed by atoms with E-state index in [1.54, 1.807) is 18.2 Å². The Labute approximate surface area is 173 Å². The third-order valence-corrected chi connectivity index (χ3v) is 7.24. The van der Waals surface area contributed by atoms with Crippen LogP contribution in [0.5, 0.6) is 0 Å². The van der Waals surface area contributed by atoms with E-state index in [-0.39, 0.29) is 11.3 Å². The van der Waals surface area contributed by atoms with Crippen molar-refractivity contribution in [2.24, 2.45) is 17.8 Å². The normalized spacial score (nSPS) is 29.3. The van der Waals surface area contributed by atoms with Gasteiger partial charge in [-0.3, -0.25) is 14.9 Å². The Morgan fingerprint density at radius 3 is 2.31 bits per heavy atom. The van der Waals surface area contributed by atoms with Crippen LogP contribution in [0, 0.1) is 23.6 Å². The number of hydrogen-bond acceptors (Lipinski definition) is 5. The van der Waals surface area contributed by atoms with Crippen molar-refractivity contribution in [1.29, 1.82) is 0 Å². The second kappa shape index (κ2) is 8.34. The summed E-state index contributed by atoms with van der Waals surface area (Å²) >= 11 is 0.997. The number of hydrogen-bond donors (Lipinski definition) is 2. The Balaban J connectivity index is 1.18. The van der Waals surface area contributed by atoms with Gasteiger partial charge in [0.05, 0.1) is 5.75 Å². The number of amides is 3. The van der Waals surface area contributed by atoms with Crippen LogP contribution >= 0.6 is 11.8 Å². The number of urea groups is 1. The summed E-state index contributed by atoms with van der Waals surface area (Å²) in [5.74, 6) is 0.212. The lowest BCUT2D eigenvalue weighted by Gasteiger charge is -2.56. The highest BCUT2D eigenvalue weighted by atomic mass is 32.2. The number of carbonyl (C=O) groups excluding carboxylic acids is 3. The first-order chi connectivity index (χ1) is 13.9. The minimum atomic E-state index is -0.670. The van der Waals surface area contributed by atoms with Crippen molar-refractivity contribution in [3.8, 4) is 0 Å². The lowest BCUT2D eigenvalue weighted by Crippen LogP contribution is -2.62. The standard InChI is InChI=1S/C21H25FN2O4S/c22-16-3-1-2-4-17(16)29-12-19(26)28-11-18(25)23-20(27)24-21-8-13-5-14(9-21)7-15(6-13)10-21/h1-4,13-15H,5-12H2,(H2,23,24,25,27). The molecule has 4 aliphatic carbocycles. The molecule has 1 aromatic carbocycles. The maximum Gasteiger partial charge on any atom is 0.321 e. The van der Waals surface area contributed by atoms with Gasteiger partial charge >= 0.3 is 12.0 Å². The Bertz CT molecular complexity index is 780. The Morgan fingerprint density at radius 2 is 1.69 bits per heavy atom. The molecule has 4 aliphatic rings. The Kier molecular flexibility index (Phi) is 5.81. The zero-order valence-electron chi connectivity index (χ0n) is 16.1. The number of imide groups is 1. The molecule has 2 N–H and O–H groups in total. The molecule has 5 rings (SSSR count). The molecular weight excluding hydrogens is 395 g/mol. The average molecular weight is 421 g/mol. The van der Waals surface area contributed by atoms with Crippen molar-refractivity contribution in [2.75, 3.05) is 12.4 Å². The molecule has 0 atom stereocenters. The van der Waals surface area contributed by atoms with Gasteiger partial charge in [-0.1, -0.05) is 12.1 Å². The van der Waals surface area contributed by atoms with E-state index in [2.05, 4.69) is 10.6 Å². The topological polar surface area (TPSA) is 84.5 Å². The molecule has 8 heteroatoms. The Morgan fingerprint density at radius 1 is 1.07 bits per heavy atom. The van der Waals surface area contributed by atoms with Gasteiger partial charge < -0.3 is 10.1 Å². The second-order valence-corrected chi connectivity index (χ2v) is 9.60. The van der Waals surface area contributed by atoms with Crippen LogP contribution in [0.3, 0.4) is 0 Å². The minimum Gasteiger partial charge on any atom is -0.455 e. The van der Waals surface area contributed by atoms with Crippen molar-refractivity contribution >= 4 is 29.7 Å². The fraction of sp³-hybridized carbons (Fsp3) is 0.571. The van der Waals surface area contributed by atoms with E-state index in [1.807, 2.05) is 0 Å². The van der Waals surface area contributed by atoms with Gasteiger partial charge in [0.15, 0.2) is 6.61 Å². The van der Waals surface area contributed by atoms with E-state index < -0.39 is 30.3 Å². The van der Waals surface area contributed by atoms with Gasteiger partial charge in [-0.2, -0.15) is 0 Å². The molecule has 0 aliphatic heterocycles. The number of nitrogens with one attached hydrogen (secondary N) is 2. The molecule has 0 radical (unpaired) electrons. The fourth-order valence-electron chi connectivity index (χ4n) is 5.58. The van der Waals surface area contributed by atoms with Gasteiger partial charge in [-0.15, -0.1) is 11.8 Å². The molecule has 6 nitrogen and oxygen atoms in total. The zero-order chi connectivity index (χ0) is 20.4. The highest BCUT2D eigenvalue weighted by molar-refractivity contribution is 8.00. The minimum absolute atomic E-state index is 0.117. The summed E-state index contributed by atoms with van der Waals surface area (Å²) in [5.41, 5.74) is -0.188. The van der Waals surface area contributed by atoms with Gasteiger partial charge in [0.2, 0.25) is 0 Å². The largest absolute Gasteiger partial charge is 0.455 e. The highest BCUT2D eigenvalue weighted by Gasteiger charge is 2.51. The quantitative estimate of drug-likeness (QED) is 0.545. The van der Waals surface area contributed by atoms with Gasteiger partial charge in [-0.25, -0.2) is 9.18 Å².